The SMILES string of the molecule is CCC(Oc1c(-c2ccc(OC)cc2)oc2ccccc2c1=O)C(=O)Nc1sc(C)c(C)c1C(N)=O. The number of para-hydroxylation sites is 1. The van der Waals surface area contributed by atoms with Crippen molar-refractivity contribution < 1.29 is 23.5 Å². The van der Waals surface area contributed by atoms with Gasteiger partial charge in [-0.2, -0.15) is 0 Å². The first-order valence-corrected chi connectivity index (χ1v) is 12.1. The third kappa shape index (κ3) is 4.70. The summed E-state index contributed by atoms with van der Waals surface area (Å²) in [5.41, 5.74) is 7.11. The molecule has 0 aliphatic heterocycles. The normalized spacial score (nSPS) is 11.8. The highest BCUT2D eigenvalue weighted by Crippen LogP contribution is 2.34. The number of hydrogen-bond donors (Lipinski definition) is 2. The minimum Gasteiger partial charge on any atom is -0.497 e. The van der Waals surface area contributed by atoms with Crippen molar-refractivity contribution in [3.8, 4) is 22.8 Å². The molecule has 36 heavy (non-hydrogen) atoms. The molecule has 1 atom stereocenters. The van der Waals surface area contributed by atoms with Crippen molar-refractivity contribution >= 4 is 39.1 Å². The lowest BCUT2D eigenvalue weighted by molar-refractivity contribution is -0.122. The van der Waals surface area contributed by atoms with Gasteiger partial charge in [0, 0.05) is 10.4 Å². The zero-order chi connectivity index (χ0) is 26.0. The Morgan fingerprint density at radius 1 is 1.11 bits per heavy atom. The quantitative estimate of drug-likeness (QED) is 0.345. The van der Waals surface area contributed by atoms with E-state index in [0.717, 1.165) is 4.88 Å². The van der Waals surface area contributed by atoms with Gasteiger partial charge in [-0.25, -0.2) is 0 Å². The second kappa shape index (κ2) is 10.2. The molecule has 8 nitrogen and oxygen atoms in total. The number of carbonyl (C=O) groups is 2. The Kier molecular flexibility index (Phi) is 7.12. The largest absolute Gasteiger partial charge is 0.497 e. The summed E-state index contributed by atoms with van der Waals surface area (Å²) in [4.78, 5) is 39.5. The van der Waals surface area contributed by atoms with Gasteiger partial charge in [0.15, 0.2) is 11.9 Å². The molecule has 186 valence electrons. The molecular formula is C27H26N2O6S. The Morgan fingerprint density at radius 2 is 1.81 bits per heavy atom. The van der Waals surface area contributed by atoms with E-state index in [-0.39, 0.29) is 23.5 Å². The maximum atomic E-state index is 13.5. The predicted octanol–water partition coefficient (Wildman–Crippen LogP) is 5.04. The fraction of sp³-hybridized carbons (Fsp3) is 0.222. The van der Waals surface area contributed by atoms with Crippen LogP contribution in [0.5, 0.6) is 11.5 Å². The number of nitrogens with two attached hydrogens (primary N) is 1. The molecule has 0 aliphatic carbocycles. The van der Waals surface area contributed by atoms with Gasteiger partial charge in [0.1, 0.15) is 16.3 Å². The van der Waals surface area contributed by atoms with Gasteiger partial charge >= 0.3 is 0 Å². The molecule has 0 aliphatic rings. The molecule has 0 fully saturated rings. The molecule has 0 saturated heterocycles. The molecule has 4 rings (SSSR count). The molecule has 0 radical (unpaired) electrons. The second-order valence-corrected chi connectivity index (χ2v) is 9.39. The maximum absolute atomic E-state index is 13.5. The van der Waals surface area contributed by atoms with Crippen LogP contribution in [0.15, 0.2) is 57.7 Å². The van der Waals surface area contributed by atoms with E-state index in [4.69, 9.17) is 19.6 Å². The fourth-order valence-electron chi connectivity index (χ4n) is 3.83. The highest BCUT2D eigenvalue weighted by Gasteiger charge is 2.27. The van der Waals surface area contributed by atoms with E-state index in [9.17, 15) is 14.4 Å². The number of methoxy groups -OCH3 is 1. The van der Waals surface area contributed by atoms with Crippen molar-refractivity contribution in [3.63, 3.8) is 0 Å². The Hall–Kier alpha value is -4.11. The highest BCUT2D eigenvalue weighted by molar-refractivity contribution is 7.16. The number of aryl methyl sites for hydroxylation is 1. The van der Waals surface area contributed by atoms with E-state index >= 15 is 0 Å². The van der Waals surface area contributed by atoms with Crippen LogP contribution in [0.3, 0.4) is 0 Å². The fourth-order valence-corrected chi connectivity index (χ4v) is 4.90. The number of ether oxygens (including phenoxy) is 2. The second-order valence-electron chi connectivity index (χ2n) is 8.17. The van der Waals surface area contributed by atoms with E-state index < -0.39 is 23.3 Å². The third-order valence-electron chi connectivity index (χ3n) is 5.90. The van der Waals surface area contributed by atoms with Crippen molar-refractivity contribution in [1.82, 2.24) is 0 Å². The van der Waals surface area contributed by atoms with Crippen molar-refractivity contribution in [2.75, 3.05) is 12.4 Å². The van der Waals surface area contributed by atoms with Crippen LogP contribution in [0.25, 0.3) is 22.3 Å². The van der Waals surface area contributed by atoms with Crippen molar-refractivity contribution in [3.05, 3.63) is 74.8 Å². The van der Waals surface area contributed by atoms with E-state index in [1.807, 2.05) is 6.92 Å². The van der Waals surface area contributed by atoms with Crippen LogP contribution in [0.2, 0.25) is 0 Å². The van der Waals surface area contributed by atoms with E-state index in [1.165, 1.54) is 11.3 Å². The summed E-state index contributed by atoms with van der Waals surface area (Å²) in [6.07, 6.45) is -0.774. The number of benzene rings is 2. The monoisotopic (exact) mass is 506 g/mol. The van der Waals surface area contributed by atoms with Gasteiger partial charge < -0.3 is 24.9 Å². The van der Waals surface area contributed by atoms with Gasteiger partial charge in [0.2, 0.25) is 11.2 Å². The molecule has 0 saturated carbocycles. The summed E-state index contributed by atoms with van der Waals surface area (Å²) >= 11 is 1.26. The number of fused-ring (bicyclic) bond motifs is 1. The Bertz CT molecular complexity index is 1500. The van der Waals surface area contributed by atoms with Crippen LogP contribution < -0.4 is 26.0 Å². The first kappa shape index (κ1) is 25.0. The highest BCUT2D eigenvalue weighted by atomic mass is 32.1. The summed E-state index contributed by atoms with van der Waals surface area (Å²) in [5.74, 6) is -0.364. The molecule has 3 N–H and O–H groups in total. The Balaban J connectivity index is 1.75. The summed E-state index contributed by atoms with van der Waals surface area (Å²) in [6.45, 7) is 5.38. The van der Waals surface area contributed by atoms with E-state index in [0.29, 0.717) is 32.8 Å². The maximum Gasteiger partial charge on any atom is 0.266 e. The lowest BCUT2D eigenvalue weighted by atomic mass is 10.1. The van der Waals surface area contributed by atoms with Crippen LogP contribution in [-0.4, -0.2) is 25.0 Å². The molecular weight excluding hydrogens is 480 g/mol. The molecule has 4 aromatic rings. The van der Waals surface area contributed by atoms with Crippen LogP contribution in [0.4, 0.5) is 5.00 Å². The predicted molar refractivity (Wildman–Crippen MR) is 140 cm³/mol. The smallest absolute Gasteiger partial charge is 0.266 e. The average molecular weight is 507 g/mol. The molecule has 2 aromatic heterocycles. The molecule has 0 spiro atoms. The molecule has 9 heteroatoms. The minimum atomic E-state index is -1.03. The number of hydrogen-bond acceptors (Lipinski definition) is 7. The zero-order valence-electron chi connectivity index (χ0n) is 20.3. The van der Waals surface area contributed by atoms with Gasteiger partial charge in [0.25, 0.3) is 11.8 Å². The zero-order valence-corrected chi connectivity index (χ0v) is 21.2. The molecule has 1 unspecified atom stereocenters. The van der Waals surface area contributed by atoms with Crippen molar-refractivity contribution in [2.45, 2.75) is 33.3 Å². The van der Waals surface area contributed by atoms with Gasteiger partial charge in [0.05, 0.1) is 18.1 Å². The van der Waals surface area contributed by atoms with Gasteiger partial charge in [-0.3, -0.25) is 14.4 Å². The van der Waals surface area contributed by atoms with Crippen LogP contribution in [0.1, 0.15) is 34.1 Å². The Labute approximate surface area is 211 Å². The molecule has 2 aromatic carbocycles. The number of primary amides is 1. The standard InChI is InChI=1S/C27H26N2O6S/c1-5-19(26(32)29-27-21(25(28)31)14(2)15(3)36-27)34-24-22(30)18-8-6-7-9-20(18)35-23(24)16-10-12-17(33-4)13-11-16/h6-13,19H,5H2,1-4H3,(H2,28,31)(H,29,32). The van der Waals surface area contributed by atoms with E-state index in [2.05, 4.69) is 5.32 Å². The number of amides is 2. The summed E-state index contributed by atoms with van der Waals surface area (Å²) < 4.78 is 17.4. The first-order chi connectivity index (χ1) is 17.2. The van der Waals surface area contributed by atoms with Gasteiger partial charge in [-0.05, 0) is 62.2 Å². The van der Waals surface area contributed by atoms with E-state index in [1.54, 1.807) is 69.5 Å². The summed E-state index contributed by atoms with van der Waals surface area (Å²) in [6, 6.07) is 13.8. The van der Waals surface area contributed by atoms with Gasteiger partial charge in [-0.1, -0.05) is 19.1 Å². The van der Waals surface area contributed by atoms with Gasteiger partial charge in [-0.15, -0.1) is 11.3 Å². The third-order valence-corrected chi connectivity index (χ3v) is 7.02. The number of nitrogens with one attached hydrogen (secondary N) is 1. The van der Waals surface area contributed by atoms with Crippen LogP contribution >= 0.6 is 11.3 Å². The topological polar surface area (TPSA) is 121 Å². The van der Waals surface area contributed by atoms with Crippen molar-refractivity contribution in [1.29, 1.82) is 0 Å². The molecule has 2 heterocycles. The van der Waals surface area contributed by atoms with Crippen molar-refractivity contribution in [2.24, 2.45) is 5.73 Å². The lowest BCUT2D eigenvalue weighted by Crippen LogP contribution is -2.34. The number of carbonyl (C=O) groups excluding carboxylic acids is 2. The number of rotatable bonds is 8. The Morgan fingerprint density at radius 3 is 2.44 bits per heavy atom. The number of anilines is 1. The number of thiophene rings is 1. The molecule has 0 bridgehead atoms. The van der Waals surface area contributed by atoms with Crippen LogP contribution in [0, 0.1) is 13.8 Å². The lowest BCUT2D eigenvalue weighted by Gasteiger charge is -2.19. The van der Waals surface area contributed by atoms with Crippen LogP contribution in [-0.2, 0) is 4.79 Å². The molecule has 2 amide bonds. The minimum absolute atomic E-state index is 0.0745. The summed E-state index contributed by atoms with van der Waals surface area (Å²) in [7, 11) is 1.56. The first-order valence-electron chi connectivity index (χ1n) is 11.3. The summed E-state index contributed by atoms with van der Waals surface area (Å²) in [5, 5.41) is 3.45. The average Bonchev–Trinajstić information content (AvgIpc) is 3.16.